The first-order chi connectivity index (χ1) is 17.5. The van der Waals surface area contributed by atoms with Crippen LogP contribution in [-0.2, 0) is 6.54 Å². The molecule has 180 valence electrons. The number of pyridine rings is 1. The Morgan fingerprint density at radius 3 is 2.50 bits per heavy atom. The average molecular weight is 478 g/mol. The fraction of sp³-hybridized carbons (Fsp3) is 0.207. The molecule has 0 spiro atoms. The Labute approximate surface area is 209 Å². The fourth-order valence-corrected chi connectivity index (χ4v) is 5.42. The van der Waals surface area contributed by atoms with Crippen molar-refractivity contribution < 1.29 is 9.59 Å². The summed E-state index contributed by atoms with van der Waals surface area (Å²) in [7, 11) is 0. The molecule has 6 rings (SSSR count). The summed E-state index contributed by atoms with van der Waals surface area (Å²) in [5.41, 5.74) is 10.5. The van der Waals surface area contributed by atoms with Gasteiger partial charge in [0.2, 0.25) is 5.91 Å². The number of fused-ring (bicyclic) bond motifs is 3. The first kappa shape index (κ1) is 22.2. The molecule has 1 aromatic heterocycles. The third-order valence-electron chi connectivity index (χ3n) is 7.23. The normalized spacial score (nSPS) is 19.1. The summed E-state index contributed by atoms with van der Waals surface area (Å²) < 4.78 is 0. The van der Waals surface area contributed by atoms with E-state index in [0.29, 0.717) is 18.2 Å². The van der Waals surface area contributed by atoms with E-state index < -0.39 is 5.91 Å². The molecule has 7 nitrogen and oxygen atoms in total. The molecule has 7 heteroatoms. The van der Waals surface area contributed by atoms with Gasteiger partial charge in [0.15, 0.2) is 0 Å². The van der Waals surface area contributed by atoms with E-state index in [1.807, 2.05) is 53.4 Å². The van der Waals surface area contributed by atoms with E-state index >= 15 is 0 Å². The fourth-order valence-electron chi connectivity index (χ4n) is 5.42. The molecule has 4 aromatic rings. The minimum Gasteiger partial charge on any atom is -0.366 e. The van der Waals surface area contributed by atoms with Crippen LogP contribution in [0, 0.1) is 0 Å². The highest BCUT2D eigenvalue weighted by Gasteiger charge is 2.45. The standard InChI is InChI=1S/C29H27N5O2/c30-28(35)22-8-3-6-20(13-22)21-7-4-9-23(14-21)32-29(36)34-18-25-15-26(34)17-33(25)16-24-12-11-19-5-1-2-10-27(19)31-24/h1-14,25-26H,15-18H2,(H2,30,35)(H,32,36)/t25-,26?/m0/s1. The number of anilines is 1. The van der Waals surface area contributed by atoms with Crippen molar-refractivity contribution in [1.82, 2.24) is 14.8 Å². The van der Waals surface area contributed by atoms with E-state index in [4.69, 9.17) is 10.7 Å². The maximum atomic E-state index is 13.1. The van der Waals surface area contributed by atoms with E-state index in [2.05, 4.69) is 28.4 Å². The number of piperazine rings is 1. The van der Waals surface area contributed by atoms with Crippen LogP contribution < -0.4 is 11.1 Å². The number of carbonyl (C=O) groups is 2. The lowest BCUT2D eigenvalue weighted by molar-refractivity contribution is 0.1000. The second kappa shape index (κ2) is 9.09. The van der Waals surface area contributed by atoms with Gasteiger partial charge in [0.25, 0.3) is 0 Å². The summed E-state index contributed by atoms with van der Waals surface area (Å²) in [5, 5.41) is 4.22. The quantitative estimate of drug-likeness (QED) is 0.443. The predicted molar refractivity (Wildman–Crippen MR) is 140 cm³/mol. The topological polar surface area (TPSA) is 91.6 Å². The third-order valence-corrected chi connectivity index (χ3v) is 7.23. The van der Waals surface area contributed by atoms with E-state index in [0.717, 1.165) is 52.9 Å². The van der Waals surface area contributed by atoms with E-state index in [-0.39, 0.29) is 12.1 Å². The van der Waals surface area contributed by atoms with Crippen molar-refractivity contribution in [3.63, 3.8) is 0 Å². The molecule has 3 N–H and O–H groups in total. The Bertz CT molecular complexity index is 1470. The number of nitrogens with one attached hydrogen (secondary N) is 1. The smallest absolute Gasteiger partial charge is 0.322 e. The molecule has 1 unspecified atom stereocenters. The van der Waals surface area contributed by atoms with Crippen LogP contribution in [0.25, 0.3) is 22.0 Å². The predicted octanol–water partition coefficient (Wildman–Crippen LogP) is 4.49. The highest BCUT2D eigenvalue weighted by Crippen LogP contribution is 2.33. The number of aromatic nitrogens is 1. The number of urea groups is 1. The van der Waals surface area contributed by atoms with Crippen molar-refractivity contribution in [2.75, 3.05) is 18.4 Å². The van der Waals surface area contributed by atoms with Gasteiger partial charge in [0.1, 0.15) is 0 Å². The summed E-state index contributed by atoms with van der Waals surface area (Å²) in [6.45, 7) is 2.37. The molecule has 3 amide bonds. The molecule has 3 heterocycles. The highest BCUT2D eigenvalue weighted by molar-refractivity contribution is 5.94. The van der Waals surface area contributed by atoms with Crippen molar-refractivity contribution >= 4 is 28.5 Å². The van der Waals surface area contributed by atoms with Crippen molar-refractivity contribution in [1.29, 1.82) is 0 Å². The number of hydrogen-bond acceptors (Lipinski definition) is 4. The monoisotopic (exact) mass is 477 g/mol. The molecule has 0 aliphatic carbocycles. The second-order valence-electron chi connectivity index (χ2n) is 9.58. The SMILES string of the molecule is NC(=O)c1cccc(-c2cccc(NC(=O)N3C[C@@H]4CC3CN4Cc3ccc4ccccc4n3)c2)c1. The molecule has 2 saturated heterocycles. The van der Waals surface area contributed by atoms with Gasteiger partial charge < -0.3 is 16.0 Å². The number of nitrogens with zero attached hydrogens (tertiary/aromatic N) is 3. The molecule has 0 radical (unpaired) electrons. The minimum atomic E-state index is -0.462. The maximum Gasteiger partial charge on any atom is 0.322 e. The van der Waals surface area contributed by atoms with Crippen LogP contribution in [0.2, 0.25) is 0 Å². The van der Waals surface area contributed by atoms with Crippen LogP contribution >= 0.6 is 0 Å². The second-order valence-corrected chi connectivity index (χ2v) is 9.58. The molecule has 2 aliphatic rings. The zero-order valence-electron chi connectivity index (χ0n) is 19.8. The van der Waals surface area contributed by atoms with Crippen LogP contribution in [0.4, 0.5) is 10.5 Å². The number of benzene rings is 3. The number of likely N-dealkylation sites (tertiary alicyclic amines) is 2. The highest BCUT2D eigenvalue weighted by atomic mass is 16.2. The summed E-state index contributed by atoms with van der Waals surface area (Å²) in [5.74, 6) is -0.462. The summed E-state index contributed by atoms with van der Waals surface area (Å²) in [6, 6.07) is 27.7. The molecular formula is C29H27N5O2. The number of hydrogen-bond donors (Lipinski definition) is 2. The van der Waals surface area contributed by atoms with Crippen LogP contribution in [0.15, 0.2) is 84.9 Å². The van der Waals surface area contributed by atoms with Crippen molar-refractivity contribution in [3.8, 4) is 11.1 Å². The molecular weight excluding hydrogens is 450 g/mol. The minimum absolute atomic E-state index is 0.0750. The van der Waals surface area contributed by atoms with Crippen LogP contribution in [-0.4, -0.2) is 51.9 Å². The Hall–Kier alpha value is -4.23. The van der Waals surface area contributed by atoms with Gasteiger partial charge in [-0.15, -0.1) is 0 Å². The number of rotatable bonds is 5. The molecule has 3 aromatic carbocycles. The molecule has 2 fully saturated rings. The van der Waals surface area contributed by atoms with Gasteiger partial charge in [-0.05, 0) is 53.9 Å². The number of primary amides is 1. The zero-order valence-corrected chi connectivity index (χ0v) is 19.8. The average Bonchev–Trinajstić information content (AvgIpc) is 3.50. The third kappa shape index (κ3) is 4.29. The van der Waals surface area contributed by atoms with Crippen molar-refractivity contribution in [2.45, 2.75) is 25.0 Å². The van der Waals surface area contributed by atoms with Crippen LogP contribution in [0.3, 0.4) is 0 Å². The Morgan fingerprint density at radius 2 is 1.69 bits per heavy atom. The Morgan fingerprint density at radius 1 is 0.889 bits per heavy atom. The molecule has 2 atom stereocenters. The van der Waals surface area contributed by atoms with Gasteiger partial charge in [-0.25, -0.2) is 4.79 Å². The van der Waals surface area contributed by atoms with Gasteiger partial charge in [-0.1, -0.05) is 48.5 Å². The summed E-state index contributed by atoms with van der Waals surface area (Å²) in [4.78, 5) is 33.9. The van der Waals surface area contributed by atoms with E-state index in [1.165, 1.54) is 0 Å². The molecule has 36 heavy (non-hydrogen) atoms. The molecule has 2 bridgehead atoms. The lowest BCUT2D eigenvalue weighted by Gasteiger charge is -2.34. The number of carbonyl (C=O) groups excluding carboxylic acids is 2. The van der Waals surface area contributed by atoms with Crippen LogP contribution in [0.1, 0.15) is 22.5 Å². The number of para-hydroxylation sites is 1. The van der Waals surface area contributed by atoms with Crippen LogP contribution in [0.5, 0.6) is 0 Å². The van der Waals surface area contributed by atoms with Gasteiger partial charge in [-0.2, -0.15) is 0 Å². The van der Waals surface area contributed by atoms with Crippen molar-refractivity contribution in [3.05, 3.63) is 96.2 Å². The lowest BCUT2D eigenvalue weighted by Crippen LogP contribution is -2.49. The first-order valence-electron chi connectivity index (χ1n) is 12.2. The van der Waals surface area contributed by atoms with Gasteiger partial charge in [0.05, 0.1) is 11.2 Å². The maximum absolute atomic E-state index is 13.1. The Kier molecular flexibility index (Phi) is 5.62. The summed E-state index contributed by atoms with van der Waals surface area (Å²) >= 11 is 0. The molecule has 0 saturated carbocycles. The first-order valence-corrected chi connectivity index (χ1v) is 12.2. The van der Waals surface area contributed by atoms with Crippen molar-refractivity contribution in [2.24, 2.45) is 5.73 Å². The number of amides is 3. The Balaban J connectivity index is 1.10. The van der Waals surface area contributed by atoms with Gasteiger partial charge >= 0.3 is 6.03 Å². The van der Waals surface area contributed by atoms with Gasteiger partial charge in [0, 0.05) is 48.4 Å². The molecule has 2 aliphatic heterocycles. The lowest BCUT2D eigenvalue weighted by atomic mass is 10.0. The summed E-state index contributed by atoms with van der Waals surface area (Å²) in [6.07, 6.45) is 0.987. The number of nitrogens with two attached hydrogens (primary N) is 1. The van der Waals surface area contributed by atoms with E-state index in [1.54, 1.807) is 18.2 Å². The van der Waals surface area contributed by atoms with Gasteiger partial charge in [-0.3, -0.25) is 14.7 Å². The van der Waals surface area contributed by atoms with E-state index in [9.17, 15) is 9.59 Å². The largest absolute Gasteiger partial charge is 0.366 e. The zero-order chi connectivity index (χ0) is 24.6.